The molecule has 0 amide bonds. The van der Waals surface area contributed by atoms with Crippen LogP contribution in [0.2, 0.25) is 0 Å². The van der Waals surface area contributed by atoms with E-state index in [-0.39, 0.29) is 0 Å². The Morgan fingerprint density at radius 1 is 0.667 bits per heavy atom. The van der Waals surface area contributed by atoms with Gasteiger partial charge in [-0.2, -0.15) is 0 Å². The molecular weight excluding hydrogens is 292 g/mol. The summed E-state index contributed by atoms with van der Waals surface area (Å²) < 4.78 is 0. The van der Waals surface area contributed by atoms with Crippen LogP contribution in [-0.4, -0.2) is 24.2 Å². The Kier molecular flexibility index (Phi) is 15.0. The van der Waals surface area contributed by atoms with Gasteiger partial charge in [0.05, 0.1) is 6.17 Å². The molecule has 0 radical (unpaired) electrons. The molecule has 2 N–H and O–H groups in total. The van der Waals surface area contributed by atoms with Gasteiger partial charge in [0.2, 0.25) is 0 Å². The summed E-state index contributed by atoms with van der Waals surface area (Å²) in [4.78, 5) is 2.48. The van der Waals surface area contributed by atoms with Gasteiger partial charge in [-0.1, -0.05) is 103 Å². The zero-order valence-electron chi connectivity index (χ0n) is 16.7. The predicted octanol–water partition coefficient (Wildman–Crippen LogP) is 6.63. The minimum Gasteiger partial charge on any atom is -0.316 e. The van der Waals surface area contributed by atoms with Gasteiger partial charge in [-0.3, -0.25) is 4.90 Å². The van der Waals surface area contributed by atoms with E-state index in [4.69, 9.17) is 5.73 Å². The van der Waals surface area contributed by atoms with Crippen molar-refractivity contribution in [1.82, 2.24) is 4.90 Å². The fourth-order valence-electron chi connectivity index (χ4n) is 3.99. The molecular formula is C22H46N2. The molecule has 0 aliphatic carbocycles. The van der Waals surface area contributed by atoms with E-state index in [0.717, 1.165) is 0 Å². The molecule has 0 saturated carbocycles. The molecule has 1 unspecified atom stereocenters. The van der Waals surface area contributed by atoms with E-state index in [1.165, 1.54) is 129 Å². The molecule has 1 fully saturated rings. The predicted molar refractivity (Wildman–Crippen MR) is 108 cm³/mol. The Morgan fingerprint density at radius 2 is 1.08 bits per heavy atom. The van der Waals surface area contributed by atoms with E-state index in [1.54, 1.807) is 0 Å². The standard InChI is InChI=1S/C22H46N2/c1-2-3-4-5-6-7-8-9-10-11-12-13-14-15-16-17-20-24-21-18-19-22(24)23/h22H,2-21,23H2,1H3. The summed E-state index contributed by atoms with van der Waals surface area (Å²) in [5.41, 5.74) is 6.07. The SMILES string of the molecule is CCCCCCCCCCCCCCCCCCN1CCCC1N. The third-order valence-corrected chi connectivity index (χ3v) is 5.71. The molecule has 0 bridgehead atoms. The van der Waals surface area contributed by atoms with Crippen molar-refractivity contribution in [3.8, 4) is 0 Å². The van der Waals surface area contributed by atoms with Gasteiger partial charge in [-0.05, 0) is 32.4 Å². The molecule has 0 aromatic heterocycles. The van der Waals surface area contributed by atoms with Crippen LogP contribution in [0.1, 0.15) is 122 Å². The Balaban J connectivity index is 1.67. The van der Waals surface area contributed by atoms with Crippen LogP contribution < -0.4 is 5.73 Å². The zero-order chi connectivity index (χ0) is 17.3. The fourth-order valence-corrected chi connectivity index (χ4v) is 3.99. The molecule has 0 spiro atoms. The Morgan fingerprint density at radius 3 is 1.46 bits per heavy atom. The number of nitrogens with two attached hydrogens (primary N) is 1. The third-order valence-electron chi connectivity index (χ3n) is 5.71. The second-order valence-electron chi connectivity index (χ2n) is 8.05. The Hall–Kier alpha value is -0.0800. The van der Waals surface area contributed by atoms with E-state index in [9.17, 15) is 0 Å². The van der Waals surface area contributed by atoms with Crippen molar-refractivity contribution in [2.75, 3.05) is 13.1 Å². The largest absolute Gasteiger partial charge is 0.316 e. The smallest absolute Gasteiger partial charge is 0.0572 e. The Bertz CT molecular complexity index is 254. The van der Waals surface area contributed by atoms with Crippen LogP contribution in [0.3, 0.4) is 0 Å². The number of rotatable bonds is 17. The number of unbranched alkanes of at least 4 members (excludes halogenated alkanes) is 15. The molecule has 24 heavy (non-hydrogen) atoms. The van der Waals surface area contributed by atoms with Crippen LogP contribution >= 0.6 is 0 Å². The van der Waals surface area contributed by atoms with Gasteiger partial charge < -0.3 is 5.73 Å². The van der Waals surface area contributed by atoms with Gasteiger partial charge in [-0.15, -0.1) is 0 Å². The third kappa shape index (κ3) is 12.3. The highest BCUT2D eigenvalue weighted by atomic mass is 15.2. The highest BCUT2D eigenvalue weighted by Gasteiger charge is 2.19. The molecule has 2 heteroatoms. The molecule has 144 valence electrons. The summed E-state index contributed by atoms with van der Waals surface area (Å²) >= 11 is 0. The molecule has 1 atom stereocenters. The van der Waals surface area contributed by atoms with Crippen molar-refractivity contribution in [2.45, 2.75) is 129 Å². The maximum Gasteiger partial charge on any atom is 0.0572 e. The lowest BCUT2D eigenvalue weighted by atomic mass is 10.0. The van der Waals surface area contributed by atoms with E-state index in [2.05, 4.69) is 11.8 Å². The first-order chi connectivity index (χ1) is 11.8. The van der Waals surface area contributed by atoms with Crippen LogP contribution in [0.4, 0.5) is 0 Å². The van der Waals surface area contributed by atoms with Crippen molar-refractivity contribution in [1.29, 1.82) is 0 Å². The molecule has 0 aromatic rings. The molecule has 1 aliphatic rings. The summed E-state index contributed by atoms with van der Waals surface area (Å²) in [5, 5.41) is 0. The summed E-state index contributed by atoms with van der Waals surface area (Å²) in [6.45, 7) is 4.77. The summed E-state index contributed by atoms with van der Waals surface area (Å²) in [6.07, 6.45) is 26.0. The minimum absolute atomic E-state index is 0.362. The number of hydrogen-bond acceptors (Lipinski definition) is 2. The monoisotopic (exact) mass is 338 g/mol. The average molecular weight is 339 g/mol. The van der Waals surface area contributed by atoms with E-state index < -0.39 is 0 Å². The molecule has 1 heterocycles. The topological polar surface area (TPSA) is 29.3 Å². The van der Waals surface area contributed by atoms with Crippen LogP contribution in [0.25, 0.3) is 0 Å². The van der Waals surface area contributed by atoms with Gasteiger partial charge in [0.15, 0.2) is 0 Å². The number of hydrogen-bond donors (Lipinski definition) is 1. The molecule has 0 aromatic carbocycles. The maximum absolute atomic E-state index is 6.07. The number of likely N-dealkylation sites (tertiary alicyclic amines) is 1. The van der Waals surface area contributed by atoms with Gasteiger partial charge in [0.1, 0.15) is 0 Å². The van der Waals surface area contributed by atoms with Crippen LogP contribution in [-0.2, 0) is 0 Å². The Labute approximate surface area is 152 Å². The minimum atomic E-state index is 0.362. The summed E-state index contributed by atoms with van der Waals surface area (Å²) in [5.74, 6) is 0. The highest BCUT2D eigenvalue weighted by molar-refractivity contribution is 4.73. The molecule has 1 aliphatic heterocycles. The quantitative estimate of drug-likeness (QED) is 0.302. The second kappa shape index (κ2) is 16.4. The van der Waals surface area contributed by atoms with Gasteiger partial charge in [-0.25, -0.2) is 0 Å². The zero-order valence-corrected chi connectivity index (χ0v) is 16.7. The molecule has 1 rings (SSSR count). The molecule has 2 nitrogen and oxygen atoms in total. The van der Waals surface area contributed by atoms with Crippen molar-refractivity contribution in [2.24, 2.45) is 5.73 Å². The van der Waals surface area contributed by atoms with Gasteiger partial charge >= 0.3 is 0 Å². The lowest BCUT2D eigenvalue weighted by molar-refractivity contribution is 0.252. The van der Waals surface area contributed by atoms with E-state index in [0.29, 0.717) is 6.17 Å². The maximum atomic E-state index is 6.07. The fraction of sp³-hybridized carbons (Fsp3) is 1.00. The van der Waals surface area contributed by atoms with Crippen molar-refractivity contribution in [3.05, 3.63) is 0 Å². The van der Waals surface area contributed by atoms with Crippen LogP contribution in [0.5, 0.6) is 0 Å². The van der Waals surface area contributed by atoms with Crippen molar-refractivity contribution in [3.63, 3.8) is 0 Å². The summed E-state index contributed by atoms with van der Waals surface area (Å²) in [6, 6.07) is 0. The first-order valence-electron chi connectivity index (χ1n) is 11.3. The average Bonchev–Trinajstić information content (AvgIpc) is 2.99. The highest BCUT2D eigenvalue weighted by Crippen LogP contribution is 2.16. The van der Waals surface area contributed by atoms with Crippen LogP contribution in [0, 0.1) is 0 Å². The lowest BCUT2D eigenvalue weighted by Gasteiger charge is -2.20. The van der Waals surface area contributed by atoms with E-state index >= 15 is 0 Å². The second-order valence-corrected chi connectivity index (χ2v) is 8.05. The first kappa shape index (κ1) is 22.0. The first-order valence-corrected chi connectivity index (χ1v) is 11.3. The van der Waals surface area contributed by atoms with Gasteiger partial charge in [0, 0.05) is 0 Å². The molecule has 1 saturated heterocycles. The van der Waals surface area contributed by atoms with Crippen molar-refractivity contribution < 1.29 is 0 Å². The van der Waals surface area contributed by atoms with E-state index in [1.807, 2.05) is 0 Å². The number of nitrogens with zero attached hydrogens (tertiary/aromatic N) is 1. The van der Waals surface area contributed by atoms with Crippen molar-refractivity contribution >= 4 is 0 Å². The summed E-state index contributed by atoms with van der Waals surface area (Å²) in [7, 11) is 0. The van der Waals surface area contributed by atoms with Crippen LogP contribution in [0.15, 0.2) is 0 Å². The van der Waals surface area contributed by atoms with Gasteiger partial charge in [0.25, 0.3) is 0 Å². The normalized spacial score (nSPS) is 18.5. The lowest BCUT2D eigenvalue weighted by Crippen LogP contribution is -2.36.